The van der Waals surface area contributed by atoms with Gasteiger partial charge in [-0.25, -0.2) is 0 Å². The Labute approximate surface area is 95.2 Å². The van der Waals surface area contributed by atoms with E-state index >= 15 is 0 Å². The molecule has 0 fully saturated rings. The highest BCUT2D eigenvalue weighted by Gasteiger charge is 2.14. The number of Topliss-reactive ketones (excluding diaryl/α,β-unsaturated/α-hetero) is 1. The number of carbonyl (C=O) groups excluding carboxylic acids is 1. The molecule has 0 bridgehead atoms. The first-order valence-corrected chi connectivity index (χ1v) is 5.53. The summed E-state index contributed by atoms with van der Waals surface area (Å²) in [6, 6.07) is 7.07. The smallest absolute Gasteiger partial charge is 0.180 e. The topological polar surface area (TPSA) is 26.3 Å². The van der Waals surface area contributed by atoms with Gasteiger partial charge < -0.3 is 4.74 Å². The summed E-state index contributed by atoms with van der Waals surface area (Å²) in [5, 5.41) is -0.428. The number of halogens is 1. The first-order chi connectivity index (χ1) is 7.19. The molecule has 1 aromatic carbocycles. The van der Waals surface area contributed by atoms with E-state index in [1.54, 1.807) is 24.3 Å². The Morgan fingerprint density at radius 2 is 1.93 bits per heavy atom. The molecule has 0 spiro atoms. The molecule has 1 aromatic rings. The molecule has 0 radical (unpaired) electrons. The third-order valence-electron chi connectivity index (χ3n) is 2.09. The number of hydrogen-bond donors (Lipinski definition) is 0. The summed E-state index contributed by atoms with van der Waals surface area (Å²) in [5.74, 6) is 0.749. The molecule has 15 heavy (non-hydrogen) atoms. The normalized spacial score (nSPS) is 12.2. The number of ketones is 1. The van der Waals surface area contributed by atoms with Gasteiger partial charge in [0.05, 0.1) is 12.0 Å². The summed E-state index contributed by atoms with van der Waals surface area (Å²) in [6.45, 7) is 4.44. The van der Waals surface area contributed by atoms with Crippen molar-refractivity contribution in [2.24, 2.45) is 0 Å². The van der Waals surface area contributed by atoms with Crippen LogP contribution in [-0.2, 0) is 0 Å². The number of hydrogen-bond acceptors (Lipinski definition) is 2. The molecule has 1 atom stereocenters. The lowest BCUT2D eigenvalue weighted by Gasteiger charge is -2.07. The van der Waals surface area contributed by atoms with Crippen molar-refractivity contribution < 1.29 is 9.53 Å². The first-order valence-electron chi connectivity index (χ1n) is 5.10. The molecule has 0 aromatic heterocycles. The fraction of sp³-hybridized carbons (Fsp3) is 0.417. The van der Waals surface area contributed by atoms with Crippen molar-refractivity contribution >= 4 is 17.4 Å². The van der Waals surface area contributed by atoms with Crippen molar-refractivity contribution in [2.75, 3.05) is 6.61 Å². The van der Waals surface area contributed by atoms with Gasteiger partial charge in [0.2, 0.25) is 0 Å². The molecule has 0 aliphatic heterocycles. The molecule has 1 rings (SSSR count). The monoisotopic (exact) mass is 226 g/mol. The fourth-order valence-electron chi connectivity index (χ4n) is 1.25. The highest BCUT2D eigenvalue weighted by Crippen LogP contribution is 2.16. The SMILES string of the molecule is CCOc1ccc(C(=O)C(Cl)CC)cc1. The third-order valence-corrected chi connectivity index (χ3v) is 2.60. The maximum atomic E-state index is 11.7. The number of carbonyl (C=O) groups is 1. The van der Waals surface area contributed by atoms with Crippen molar-refractivity contribution in [3.63, 3.8) is 0 Å². The molecule has 0 amide bonds. The van der Waals surface area contributed by atoms with Crippen LogP contribution < -0.4 is 4.74 Å². The first kappa shape index (κ1) is 12.1. The fourth-order valence-corrected chi connectivity index (χ4v) is 1.37. The van der Waals surface area contributed by atoms with Gasteiger partial charge in [0, 0.05) is 5.56 Å². The minimum atomic E-state index is -0.428. The van der Waals surface area contributed by atoms with E-state index in [1.165, 1.54) is 0 Å². The minimum Gasteiger partial charge on any atom is -0.494 e. The van der Waals surface area contributed by atoms with E-state index in [1.807, 2.05) is 13.8 Å². The van der Waals surface area contributed by atoms with Gasteiger partial charge in [-0.05, 0) is 37.6 Å². The van der Waals surface area contributed by atoms with E-state index in [4.69, 9.17) is 16.3 Å². The Hall–Kier alpha value is -1.02. The predicted octanol–water partition coefficient (Wildman–Crippen LogP) is 3.29. The van der Waals surface area contributed by atoms with Crippen molar-refractivity contribution in [3.8, 4) is 5.75 Å². The van der Waals surface area contributed by atoms with E-state index < -0.39 is 5.38 Å². The molecule has 0 N–H and O–H groups in total. The molecular formula is C12H15ClO2. The summed E-state index contributed by atoms with van der Waals surface area (Å²) in [5.41, 5.74) is 0.639. The van der Waals surface area contributed by atoms with Gasteiger partial charge in [0.25, 0.3) is 0 Å². The van der Waals surface area contributed by atoms with Crippen molar-refractivity contribution in [1.29, 1.82) is 0 Å². The second-order valence-electron chi connectivity index (χ2n) is 3.20. The van der Waals surface area contributed by atoms with E-state index in [2.05, 4.69) is 0 Å². The van der Waals surface area contributed by atoms with Crippen LogP contribution in [0.15, 0.2) is 24.3 Å². The molecule has 2 nitrogen and oxygen atoms in total. The summed E-state index contributed by atoms with van der Waals surface area (Å²) < 4.78 is 5.28. The molecule has 0 aliphatic carbocycles. The maximum Gasteiger partial charge on any atom is 0.180 e. The highest BCUT2D eigenvalue weighted by molar-refractivity contribution is 6.33. The van der Waals surface area contributed by atoms with Crippen molar-refractivity contribution in [1.82, 2.24) is 0 Å². The molecule has 0 saturated carbocycles. The summed E-state index contributed by atoms with van der Waals surface area (Å²) in [7, 11) is 0. The van der Waals surface area contributed by atoms with Crippen LogP contribution in [0.1, 0.15) is 30.6 Å². The van der Waals surface area contributed by atoms with Crippen LogP contribution in [-0.4, -0.2) is 17.8 Å². The van der Waals surface area contributed by atoms with Gasteiger partial charge in [-0.1, -0.05) is 6.92 Å². The number of ether oxygens (including phenoxy) is 1. The minimum absolute atomic E-state index is 0.0257. The van der Waals surface area contributed by atoms with Gasteiger partial charge in [-0.3, -0.25) is 4.79 Å². The van der Waals surface area contributed by atoms with E-state index in [0.717, 1.165) is 5.75 Å². The second kappa shape index (κ2) is 5.76. The van der Waals surface area contributed by atoms with Crippen LogP contribution in [0.2, 0.25) is 0 Å². The van der Waals surface area contributed by atoms with E-state index in [0.29, 0.717) is 18.6 Å². The Bertz CT molecular complexity index is 319. The van der Waals surface area contributed by atoms with E-state index in [9.17, 15) is 4.79 Å². The van der Waals surface area contributed by atoms with Crippen LogP contribution in [0, 0.1) is 0 Å². The quantitative estimate of drug-likeness (QED) is 0.569. The number of alkyl halides is 1. The zero-order chi connectivity index (χ0) is 11.3. The van der Waals surface area contributed by atoms with Crippen molar-refractivity contribution in [2.45, 2.75) is 25.6 Å². The molecule has 0 heterocycles. The van der Waals surface area contributed by atoms with Crippen LogP contribution in [0.4, 0.5) is 0 Å². The summed E-state index contributed by atoms with van der Waals surface area (Å²) >= 11 is 5.87. The summed E-state index contributed by atoms with van der Waals surface area (Å²) in [4.78, 5) is 11.7. The molecule has 1 unspecified atom stereocenters. The second-order valence-corrected chi connectivity index (χ2v) is 3.72. The maximum absolute atomic E-state index is 11.7. The van der Waals surface area contributed by atoms with E-state index in [-0.39, 0.29) is 5.78 Å². The van der Waals surface area contributed by atoms with Crippen LogP contribution >= 0.6 is 11.6 Å². The Balaban J connectivity index is 2.75. The van der Waals surface area contributed by atoms with Gasteiger partial charge in [-0.2, -0.15) is 0 Å². The summed E-state index contributed by atoms with van der Waals surface area (Å²) in [6.07, 6.45) is 0.646. The highest BCUT2D eigenvalue weighted by atomic mass is 35.5. The average Bonchev–Trinajstić information content (AvgIpc) is 2.28. The lowest BCUT2D eigenvalue weighted by Crippen LogP contribution is -2.13. The largest absolute Gasteiger partial charge is 0.494 e. The molecule has 82 valence electrons. The standard InChI is InChI=1S/C12H15ClO2/c1-3-11(13)12(14)9-5-7-10(8-6-9)15-4-2/h5-8,11H,3-4H2,1-2H3. The predicted molar refractivity (Wildman–Crippen MR) is 61.9 cm³/mol. The molecule has 3 heteroatoms. The molecule has 0 aliphatic rings. The van der Waals surface area contributed by atoms with Crippen LogP contribution in [0.25, 0.3) is 0 Å². The third kappa shape index (κ3) is 3.24. The van der Waals surface area contributed by atoms with Crippen LogP contribution in [0.5, 0.6) is 5.75 Å². The van der Waals surface area contributed by atoms with Crippen LogP contribution in [0.3, 0.4) is 0 Å². The molecular weight excluding hydrogens is 212 g/mol. The Morgan fingerprint density at radius 3 is 2.40 bits per heavy atom. The van der Waals surface area contributed by atoms with Gasteiger partial charge >= 0.3 is 0 Å². The zero-order valence-corrected chi connectivity index (χ0v) is 9.75. The lowest BCUT2D eigenvalue weighted by atomic mass is 10.1. The Kier molecular flexibility index (Phi) is 4.63. The van der Waals surface area contributed by atoms with Gasteiger partial charge in [0.15, 0.2) is 5.78 Å². The van der Waals surface area contributed by atoms with Gasteiger partial charge in [-0.15, -0.1) is 11.6 Å². The number of benzene rings is 1. The number of rotatable bonds is 5. The average molecular weight is 227 g/mol. The van der Waals surface area contributed by atoms with Crippen molar-refractivity contribution in [3.05, 3.63) is 29.8 Å². The Morgan fingerprint density at radius 1 is 1.33 bits per heavy atom. The zero-order valence-electron chi connectivity index (χ0n) is 9.00. The lowest BCUT2D eigenvalue weighted by molar-refractivity contribution is 0.0985. The molecule has 0 saturated heterocycles. The van der Waals surface area contributed by atoms with Gasteiger partial charge in [0.1, 0.15) is 5.75 Å².